The van der Waals surface area contributed by atoms with Gasteiger partial charge in [-0.25, -0.2) is 0 Å². The lowest BCUT2D eigenvalue weighted by Crippen LogP contribution is -2.51. The summed E-state index contributed by atoms with van der Waals surface area (Å²) in [4.78, 5) is 24.5. The number of hydrogen-bond acceptors (Lipinski definition) is 3. The summed E-state index contributed by atoms with van der Waals surface area (Å²) in [5, 5.41) is 6.45. The molecule has 1 fully saturated rings. The van der Waals surface area contributed by atoms with Crippen LogP contribution in [0.3, 0.4) is 0 Å². The van der Waals surface area contributed by atoms with E-state index in [4.69, 9.17) is 0 Å². The van der Waals surface area contributed by atoms with Crippen LogP contribution in [0.5, 0.6) is 0 Å². The molecule has 3 rings (SSSR count). The fraction of sp³-hybridized carbons (Fsp3) is 0.600. The average molecular weight is 365 g/mol. The van der Waals surface area contributed by atoms with Crippen LogP contribution in [0.2, 0.25) is 0 Å². The quantitative estimate of drug-likeness (QED) is 0.789. The third kappa shape index (κ3) is 5.29. The van der Waals surface area contributed by atoms with Crippen molar-refractivity contribution < 1.29 is 9.59 Å². The molecule has 0 saturated carbocycles. The van der Waals surface area contributed by atoms with Gasteiger partial charge in [0.15, 0.2) is 5.78 Å². The predicted octanol–water partition coefficient (Wildman–Crippen LogP) is 3.21. The van der Waals surface area contributed by atoms with Gasteiger partial charge in [-0.3, -0.25) is 9.59 Å². The van der Waals surface area contributed by atoms with E-state index in [1.54, 1.807) is 0 Å². The van der Waals surface area contributed by atoms with Crippen molar-refractivity contribution in [2.24, 2.45) is 0 Å². The van der Waals surface area contributed by atoms with Crippen molar-refractivity contribution >= 4 is 24.1 Å². The number of halogens is 1. The molecule has 2 N–H and O–H groups in total. The smallest absolute Gasteiger partial charge is 0.220 e. The summed E-state index contributed by atoms with van der Waals surface area (Å²) in [5.41, 5.74) is 3.46. The second kappa shape index (κ2) is 9.35. The lowest BCUT2D eigenvalue weighted by atomic mass is 9.89. The first-order chi connectivity index (χ1) is 11.6. The second-order valence-electron chi connectivity index (χ2n) is 7.17. The Kier molecular flexibility index (Phi) is 7.45. The molecule has 2 aliphatic rings. The van der Waals surface area contributed by atoms with Crippen LogP contribution in [0.1, 0.15) is 66.9 Å². The zero-order chi connectivity index (χ0) is 16.9. The average Bonchev–Trinajstić information content (AvgIpc) is 2.61. The lowest BCUT2D eigenvalue weighted by molar-refractivity contribution is -0.122. The number of amides is 1. The number of fused-ring (bicyclic) bond motifs is 1. The molecule has 1 aromatic rings. The van der Waals surface area contributed by atoms with E-state index < -0.39 is 0 Å². The highest BCUT2D eigenvalue weighted by Gasteiger charge is 2.22. The van der Waals surface area contributed by atoms with Gasteiger partial charge in [0.25, 0.3) is 0 Å². The summed E-state index contributed by atoms with van der Waals surface area (Å²) in [7, 11) is 0. The number of carbonyl (C=O) groups is 2. The molecular weight excluding hydrogens is 336 g/mol. The van der Waals surface area contributed by atoms with Gasteiger partial charge in [0.05, 0.1) is 0 Å². The zero-order valence-corrected chi connectivity index (χ0v) is 15.8. The molecule has 1 amide bonds. The van der Waals surface area contributed by atoms with Crippen LogP contribution >= 0.6 is 12.4 Å². The zero-order valence-electron chi connectivity index (χ0n) is 15.0. The van der Waals surface area contributed by atoms with Crippen LogP contribution in [0.25, 0.3) is 0 Å². The Morgan fingerprint density at radius 3 is 2.64 bits per heavy atom. The summed E-state index contributed by atoms with van der Waals surface area (Å²) in [5.74, 6) is 0.0650. The van der Waals surface area contributed by atoms with Gasteiger partial charge in [-0.05, 0) is 69.2 Å². The Labute approximate surface area is 156 Å². The van der Waals surface area contributed by atoms with Gasteiger partial charge >= 0.3 is 0 Å². The normalized spacial score (nSPS) is 22.4. The molecule has 1 heterocycles. The van der Waals surface area contributed by atoms with Crippen molar-refractivity contribution in [2.75, 3.05) is 6.54 Å². The fourth-order valence-electron chi connectivity index (χ4n) is 3.80. The van der Waals surface area contributed by atoms with Crippen LogP contribution in [0.15, 0.2) is 18.2 Å². The number of ketones is 1. The van der Waals surface area contributed by atoms with Gasteiger partial charge in [0.2, 0.25) is 5.91 Å². The van der Waals surface area contributed by atoms with E-state index in [-0.39, 0.29) is 36.6 Å². The van der Waals surface area contributed by atoms with Gasteiger partial charge in [-0.15, -0.1) is 12.4 Å². The highest BCUT2D eigenvalue weighted by atomic mass is 35.5. The number of hydrogen-bond donors (Lipinski definition) is 2. The Morgan fingerprint density at radius 2 is 1.88 bits per heavy atom. The minimum atomic E-state index is -0.0122. The third-order valence-electron chi connectivity index (χ3n) is 5.36. The van der Waals surface area contributed by atoms with Crippen LogP contribution in [-0.2, 0) is 17.6 Å². The molecule has 25 heavy (non-hydrogen) atoms. The summed E-state index contributed by atoms with van der Waals surface area (Å²) < 4.78 is 0. The second-order valence-corrected chi connectivity index (χ2v) is 7.17. The topological polar surface area (TPSA) is 58.2 Å². The highest BCUT2D eigenvalue weighted by molar-refractivity contribution is 5.98. The van der Waals surface area contributed by atoms with Crippen molar-refractivity contribution in [3.05, 3.63) is 34.9 Å². The van der Waals surface area contributed by atoms with Crippen LogP contribution in [0, 0.1) is 0 Å². The molecular formula is C20H29ClN2O2. The molecule has 4 nitrogen and oxygen atoms in total. The minimum Gasteiger partial charge on any atom is -0.352 e. The first kappa shape index (κ1) is 19.9. The number of carbonyl (C=O) groups excluding carboxylic acids is 2. The molecule has 1 aliphatic carbocycles. The van der Waals surface area contributed by atoms with Crippen molar-refractivity contribution in [1.82, 2.24) is 10.6 Å². The molecule has 138 valence electrons. The summed E-state index contributed by atoms with van der Waals surface area (Å²) in [6.45, 7) is 3.12. The maximum atomic E-state index is 12.4. The highest BCUT2D eigenvalue weighted by Crippen LogP contribution is 2.23. The maximum Gasteiger partial charge on any atom is 0.220 e. The van der Waals surface area contributed by atoms with E-state index in [0.717, 1.165) is 37.8 Å². The van der Waals surface area contributed by atoms with Crippen molar-refractivity contribution in [3.63, 3.8) is 0 Å². The third-order valence-corrected chi connectivity index (χ3v) is 5.36. The standard InChI is InChI=1S/C20H28N2O2.ClH/c1-14-18(7-4-12-21-14)22-20(24)11-10-19(23)17-9-8-15-5-2-3-6-16(15)13-17;/h8-9,13-14,18,21H,2-7,10-12H2,1H3,(H,22,24);1H. The molecule has 5 heteroatoms. The molecule has 1 aliphatic heterocycles. The van der Waals surface area contributed by atoms with Gasteiger partial charge in [0, 0.05) is 30.5 Å². The lowest BCUT2D eigenvalue weighted by Gasteiger charge is -2.30. The first-order valence-corrected chi connectivity index (χ1v) is 9.31. The molecule has 2 unspecified atom stereocenters. The van der Waals surface area contributed by atoms with Gasteiger partial charge < -0.3 is 10.6 Å². The largest absolute Gasteiger partial charge is 0.352 e. The Balaban J connectivity index is 0.00000225. The van der Waals surface area contributed by atoms with E-state index in [0.29, 0.717) is 12.5 Å². The molecule has 0 aromatic heterocycles. The van der Waals surface area contributed by atoms with E-state index in [1.807, 2.05) is 12.1 Å². The van der Waals surface area contributed by atoms with Crippen LogP contribution < -0.4 is 10.6 Å². The molecule has 0 spiro atoms. The maximum absolute atomic E-state index is 12.4. The Bertz CT molecular complexity index is 618. The number of rotatable bonds is 5. The number of aryl methyl sites for hydroxylation is 2. The molecule has 1 aromatic carbocycles. The van der Waals surface area contributed by atoms with E-state index in [9.17, 15) is 9.59 Å². The Morgan fingerprint density at radius 1 is 1.12 bits per heavy atom. The molecule has 2 atom stereocenters. The monoisotopic (exact) mass is 364 g/mol. The first-order valence-electron chi connectivity index (χ1n) is 9.31. The number of nitrogens with one attached hydrogen (secondary N) is 2. The number of benzene rings is 1. The van der Waals surface area contributed by atoms with Crippen molar-refractivity contribution in [3.8, 4) is 0 Å². The molecule has 1 saturated heterocycles. The molecule has 0 radical (unpaired) electrons. The predicted molar refractivity (Wildman–Crippen MR) is 103 cm³/mol. The summed E-state index contributed by atoms with van der Waals surface area (Å²) in [6.07, 6.45) is 7.32. The van der Waals surface area contributed by atoms with E-state index in [2.05, 4.69) is 23.6 Å². The van der Waals surface area contributed by atoms with E-state index in [1.165, 1.54) is 24.0 Å². The van der Waals surface area contributed by atoms with Crippen LogP contribution in [0.4, 0.5) is 0 Å². The Hall–Kier alpha value is -1.39. The van der Waals surface area contributed by atoms with Crippen LogP contribution in [-0.4, -0.2) is 30.3 Å². The molecule has 0 bridgehead atoms. The van der Waals surface area contributed by atoms with Crippen molar-refractivity contribution in [1.29, 1.82) is 0 Å². The SMILES string of the molecule is CC1NCCCC1NC(=O)CCC(=O)c1ccc2c(c1)CCCC2.Cl. The fourth-order valence-corrected chi connectivity index (χ4v) is 3.80. The van der Waals surface area contributed by atoms with E-state index >= 15 is 0 Å². The number of piperidine rings is 1. The summed E-state index contributed by atoms with van der Waals surface area (Å²) >= 11 is 0. The van der Waals surface area contributed by atoms with Crippen molar-refractivity contribution in [2.45, 2.75) is 70.4 Å². The number of Topliss-reactive ketones (excluding diaryl/α,β-unsaturated/α-hetero) is 1. The van der Waals surface area contributed by atoms with Gasteiger partial charge in [-0.2, -0.15) is 0 Å². The van der Waals surface area contributed by atoms with Gasteiger partial charge in [0.1, 0.15) is 0 Å². The minimum absolute atomic E-state index is 0. The van der Waals surface area contributed by atoms with Gasteiger partial charge in [-0.1, -0.05) is 12.1 Å². The summed E-state index contributed by atoms with van der Waals surface area (Å²) in [6, 6.07) is 6.56.